The largest absolute Gasteiger partial charge is 0.465 e. The average Bonchev–Trinajstić information content (AvgIpc) is 3.62. The number of ether oxygens (including phenoxy) is 2. The van der Waals surface area contributed by atoms with E-state index in [1.807, 2.05) is 0 Å². The van der Waals surface area contributed by atoms with Gasteiger partial charge in [0.2, 0.25) is 11.8 Å². The van der Waals surface area contributed by atoms with Gasteiger partial charge in [-0.15, -0.1) is 0 Å². The topological polar surface area (TPSA) is 90.0 Å². The SMILES string of the molecule is COC(=O)c1ccc(OC(=O)c2ccc(N3C(=O)[C@@H]4[C@@H]5C=C[C@H]([C@H]6C[C@H]56)[C@@H]4C3=O)cc2)cc1. The van der Waals surface area contributed by atoms with Gasteiger partial charge in [0, 0.05) is 0 Å². The number of anilines is 1. The minimum atomic E-state index is -0.581. The van der Waals surface area contributed by atoms with E-state index in [-0.39, 0.29) is 46.8 Å². The molecule has 4 aliphatic carbocycles. The molecule has 0 unspecified atom stereocenters. The Labute approximate surface area is 190 Å². The van der Waals surface area contributed by atoms with E-state index in [9.17, 15) is 19.2 Å². The van der Waals surface area contributed by atoms with E-state index in [1.165, 1.54) is 36.3 Å². The Morgan fingerprint density at radius 1 is 0.788 bits per heavy atom. The standard InChI is InChI=1S/C26H21NO6/c1-32-25(30)13-4-8-16(9-5-13)33-26(31)14-2-6-15(7-3-14)27-23(28)21-17-10-11-18(20-12-19(17)20)22(21)24(27)29/h2-11,17-22H,12H2,1H3/t17-,18-,19-,20-,21-,22+/m1/s1. The van der Waals surface area contributed by atoms with Crippen molar-refractivity contribution in [2.75, 3.05) is 12.0 Å². The van der Waals surface area contributed by atoms with Crippen LogP contribution < -0.4 is 9.64 Å². The van der Waals surface area contributed by atoms with Gasteiger partial charge in [-0.25, -0.2) is 9.59 Å². The highest BCUT2D eigenvalue weighted by molar-refractivity contribution is 6.22. The number of allylic oxidation sites excluding steroid dienone is 2. The van der Waals surface area contributed by atoms with E-state index in [1.54, 1.807) is 24.3 Å². The van der Waals surface area contributed by atoms with Gasteiger partial charge in [-0.1, -0.05) is 12.2 Å². The second-order valence-corrected chi connectivity index (χ2v) is 9.12. The maximum Gasteiger partial charge on any atom is 0.343 e. The van der Waals surface area contributed by atoms with E-state index in [2.05, 4.69) is 16.9 Å². The van der Waals surface area contributed by atoms with Crippen molar-refractivity contribution in [1.29, 1.82) is 0 Å². The zero-order valence-corrected chi connectivity index (χ0v) is 17.8. The molecule has 2 bridgehead atoms. The highest BCUT2D eigenvalue weighted by Gasteiger charge is 2.67. The van der Waals surface area contributed by atoms with Gasteiger partial charge in [-0.2, -0.15) is 0 Å². The zero-order valence-electron chi connectivity index (χ0n) is 17.8. The zero-order chi connectivity index (χ0) is 22.9. The summed E-state index contributed by atoms with van der Waals surface area (Å²) in [5.74, 6) is -0.0925. The smallest absolute Gasteiger partial charge is 0.343 e. The first kappa shape index (κ1) is 19.9. The number of hydrogen-bond donors (Lipinski definition) is 0. The van der Waals surface area contributed by atoms with Gasteiger partial charge in [0.1, 0.15) is 5.75 Å². The number of carbonyl (C=O) groups excluding carboxylic acids is 4. The Morgan fingerprint density at radius 3 is 1.85 bits per heavy atom. The van der Waals surface area contributed by atoms with Crippen LogP contribution in [0.15, 0.2) is 60.7 Å². The van der Waals surface area contributed by atoms with Gasteiger partial charge >= 0.3 is 11.9 Å². The lowest BCUT2D eigenvalue weighted by molar-refractivity contribution is -0.124. The first-order valence-electron chi connectivity index (χ1n) is 11.0. The highest BCUT2D eigenvalue weighted by Crippen LogP contribution is 2.65. The predicted octanol–water partition coefficient (Wildman–Crippen LogP) is 3.25. The van der Waals surface area contributed by atoms with Crippen molar-refractivity contribution in [3.05, 3.63) is 71.8 Å². The molecule has 0 spiro atoms. The molecule has 7 rings (SSSR count). The second-order valence-electron chi connectivity index (χ2n) is 9.12. The fourth-order valence-corrected chi connectivity index (χ4v) is 5.90. The van der Waals surface area contributed by atoms with Crippen LogP contribution >= 0.6 is 0 Å². The van der Waals surface area contributed by atoms with Crippen molar-refractivity contribution in [1.82, 2.24) is 0 Å². The Hall–Kier alpha value is -3.74. The Kier molecular flexibility index (Phi) is 4.30. The molecule has 7 heteroatoms. The molecule has 0 radical (unpaired) electrons. The first-order chi connectivity index (χ1) is 16.0. The molecule has 7 nitrogen and oxygen atoms in total. The van der Waals surface area contributed by atoms with E-state index in [0.29, 0.717) is 23.1 Å². The normalized spacial score (nSPS) is 30.6. The van der Waals surface area contributed by atoms with Gasteiger partial charge in [-0.05, 0) is 78.6 Å². The first-order valence-corrected chi connectivity index (χ1v) is 11.0. The van der Waals surface area contributed by atoms with Crippen LogP contribution in [0, 0.1) is 35.5 Å². The van der Waals surface area contributed by atoms with Crippen molar-refractivity contribution in [3.8, 4) is 5.75 Å². The molecule has 6 atom stereocenters. The van der Waals surface area contributed by atoms with Crippen LogP contribution in [-0.2, 0) is 14.3 Å². The molecule has 166 valence electrons. The van der Waals surface area contributed by atoms with E-state index in [0.717, 1.165) is 6.42 Å². The van der Waals surface area contributed by atoms with Crippen molar-refractivity contribution in [2.24, 2.45) is 35.5 Å². The summed E-state index contributed by atoms with van der Waals surface area (Å²) in [6, 6.07) is 12.4. The number of methoxy groups -OCH3 is 1. The van der Waals surface area contributed by atoms with E-state index in [4.69, 9.17) is 4.74 Å². The number of hydrogen-bond acceptors (Lipinski definition) is 6. The molecule has 2 saturated carbocycles. The monoisotopic (exact) mass is 443 g/mol. The number of imide groups is 1. The summed E-state index contributed by atoms with van der Waals surface area (Å²) in [6.45, 7) is 0. The molecule has 5 aliphatic rings. The summed E-state index contributed by atoms with van der Waals surface area (Å²) in [4.78, 5) is 51.7. The summed E-state index contributed by atoms with van der Waals surface area (Å²) in [7, 11) is 1.29. The Morgan fingerprint density at radius 2 is 1.30 bits per heavy atom. The number of amides is 2. The fourth-order valence-electron chi connectivity index (χ4n) is 5.90. The molecular formula is C26H21NO6. The molecular weight excluding hydrogens is 422 g/mol. The van der Waals surface area contributed by atoms with Crippen molar-refractivity contribution in [2.45, 2.75) is 6.42 Å². The highest BCUT2D eigenvalue weighted by atomic mass is 16.5. The number of esters is 2. The summed E-state index contributed by atoms with van der Waals surface area (Å²) < 4.78 is 10.0. The molecule has 33 heavy (non-hydrogen) atoms. The van der Waals surface area contributed by atoms with Crippen LogP contribution in [0.5, 0.6) is 5.75 Å². The lowest BCUT2D eigenvalue weighted by Crippen LogP contribution is -2.40. The van der Waals surface area contributed by atoms with Gasteiger partial charge < -0.3 is 9.47 Å². The summed E-state index contributed by atoms with van der Waals surface area (Å²) in [5, 5.41) is 0. The third-order valence-electron chi connectivity index (χ3n) is 7.51. The molecule has 1 saturated heterocycles. The van der Waals surface area contributed by atoms with E-state index < -0.39 is 11.9 Å². The molecule has 1 heterocycles. The quantitative estimate of drug-likeness (QED) is 0.312. The van der Waals surface area contributed by atoms with Crippen LogP contribution in [-0.4, -0.2) is 30.9 Å². The Bertz CT molecular complexity index is 1180. The van der Waals surface area contributed by atoms with Crippen LogP contribution in [0.4, 0.5) is 5.69 Å². The summed E-state index contributed by atoms with van der Waals surface area (Å²) >= 11 is 0. The van der Waals surface area contributed by atoms with Crippen LogP contribution in [0.3, 0.4) is 0 Å². The molecule has 2 aromatic carbocycles. The number of carbonyl (C=O) groups is 4. The molecule has 3 fully saturated rings. The molecule has 2 aromatic rings. The van der Waals surface area contributed by atoms with Crippen LogP contribution in [0.2, 0.25) is 0 Å². The van der Waals surface area contributed by atoms with Gasteiger partial charge in [0.25, 0.3) is 0 Å². The average molecular weight is 443 g/mol. The molecule has 0 aromatic heterocycles. The fraction of sp³-hybridized carbons (Fsp3) is 0.308. The third-order valence-corrected chi connectivity index (χ3v) is 7.51. The van der Waals surface area contributed by atoms with Gasteiger partial charge in [0.05, 0.1) is 35.8 Å². The van der Waals surface area contributed by atoms with Crippen molar-refractivity contribution < 1.29 is 28.7 Å². The number of nitrogens with zero attached hydrogens (tertiary/aromatic N) is 1. The second kappa shape index (κ2) is 7.13. The maximum absolute atomic E-state index is 13.2. The Balaban J connectivity index is 1.18. The van der Waals surface area contributed by atoms with E-state index >= 15 is 0 Å². The maximum atomic E-state index is 13.2. The van der Waals surface area contributed by atoms with Crippen LogP contribution in [0.25, 0.3) is 0 Å². The number of rotatable bonds is 4. The van der Waals surface area contributed by atoms with Crippen molar-refractivity contribution in [3.63, 3.8) is 0 Å². The van der Waals surface area contributed by atoms with Gasteiger partial charge in [0.15, 0.2) is 0 Å². The molecule has 2 amide bonds. The molecule has 0 N–H and O–H groups in total. The van der Waals surface area contributed by atoms with Crippen molar-refractivity contribution >= 4 is 29.4 Å². The minimum absolute atomic E-state index is 0.129. The predicted molar refractivity (Wildman–Crippen MR) is 116 cm³/mol. The molecule has 1 aliphatic heterocycles. The van der Waals surface area contributed by atoms with Crippen LogP contribution in [0.1, 0.15) is 27.1 Å². The lowest BCUT2D eigenvalue weighted by atomic mass is 9.63. The van der Waals surface area contributed by atoms with Gasteiger partial charge in [-0.3, -0.25) is 14.5 Å². The number of benzene rings is 2. The summed E-state index contributed by atoms with van der Waals surface area (Å²) in [6.07, 6.45) is 5.41. The third kappa shape index (κ3) is 2.95. The minimum Gasteiger partial charge on any atom is -0.465 e. The summed E-state index contributed by atoms with van der Waals surface area (Å²) in [5.41, 5.74) is 1.12. The lowest BCUT2D eigenvalue weighted by Gasteiger charge is -2.37.